The van der Waals surface area contributed by atoms with Crippen LogP contribution in [-0.4, -0.2) is 5.78 Å². The van der Waals surface area contributed by atoms with Gasteiger partial charge >= 0.3 is 0 Å². The molecule has 0 aliphatic carbocycles. The van der Waals surface area contributed by atoms with E-state index in [1.165, 1.54) is 42.5 Å². The van der Waals surface area contributed by atoms with Crippen molar-refractivity contribution in [2.45, 2.75) is 5.38 Å². The van der Waals surface area contributed by atoms with Gasteiger partial charge in [0.05, 0.1) is 0 Å². The second-order valence-corrected chi connectivity index (χ2v) is 5.25. The van der Waals surface area contributed by atoms with E-state index in [2.05, 4.69) is 0 Å². The van der Waals surface area contributed by atoms with Crippen molar-refractivity contribution in [3.05, 3.63) is 69.5 Å². The van der Waals surface area contributed by atoms with Crippen molar-refractivity contribution in [3.8, 4) is 0 Å². The Morgan fingerprint density at radius 1 is 1.00 bits per heavy atom. The molecule has 0 spiro atoms. The quantitative estimate of drug-likeness (QED) is 0.555. The fourth-order valence-corrected chi connectivity index (χ4v) is 2.42. The molecule has 0 N–H and O–H groups in total. The van der Waals surface area contributed by atoms with E-state index in [1.54, 1.807) is 0 Å². The Morgan fingerprint density at radius 2 is 1.53 bits per heavy atom. The number of Topliss-reactive ketones (excluding diaryl/α,β-unsaturated/α-hetero) is 1. The zero-order valence-corrected chi connectivity index (χ0v) is 11.8. The molecule has 1 unspecified atom stereocenters. The van der Waals surface area contributed by atoms with Gasteiger partial charge in [-0.2, -0.15) is 0 Å². The molecule has 0 fully saturated rings. The highest BCUT2D eigenvalue weighted by atomic mass is 35.5. The Morgan fingerprint density at radius 3 is 2.05 bits per heavy atom. The Bertz CT molecular complexity index is 590. The molecule has 2 rings (SSSR count). The first-order chi connectivity index (χ1) is 8.97. The van der Waals surface area contributed by atoms with E-state index < -0.39 is 5.38 Å². The lowest BCUT2D eigenvalue weighted by molar-refractivity contribution is 0.0987. The van der Waals surface area contributed by atoms with Gasteiger partial charge in [0.2, 0.25) is 0 Å². The van der Waals surface area contributed by atoms with Gasteiger partial charge in [-0.1, -0.05) is 35.3 Å². The first-order valence-corrected chi connectivity index (χ1v) is 6.56. The van der Waals surface area contributed by atoms with Crippen LogP contribution in [0, 0.1) is 5.82 Å². The van der Waals surface area contributed by atoms with Crippen molar-refractivity contribution in [1.82, 2.24) is 0 Å². The summed E-state index contributed by atoms with van der Waals surface area (Å²) >= 11 is 17.8. The lowest BCUT2D eigenvalue weighted by Crippen LogP contribution is -2.07. The predicted molar refractivity (Wildman–Crippen MR) is 75.8 cm³/mol. The third-order valence-electron chi connectivity index (χ3n) is 2.54. The molecule has 2 aromatic rings. The Hall–Kier alpha value is -1.09. The molecule has 0 amide bonds. The first-order valence-electron chi connectivity index (χ1n) is 5.37. The minimum absolute atomic E-state index is 0.321. The van der Waals surface area contributed by atoms with Crippen molar-refractivity contribution in [1.29, 1.82) is 0 Å². The van der Waals surface area contributed by atoms with Gasteiger partial charge in [0.25, 0.3) is 0 Å². The summed E-state index contributed by atoms with van der Waals surface area (Å²) in [4.78, 5) is 12.2. The van der Waals surface area contributed by atoms with Crippen LogP contribution in [0.1, 0.15) is 21.3 Å². The summed E-state index contributed by atoms with van der Waals surface area (Å²) in [5.41, 5.74) is 0.839. The van der Waals surface area contributed by atoms with E-state index in [1.807, 2.05) is 0 Å². The van der Waals surface area contributed by atoms with Crippen molar-refractivity contribution in [2.24, 2.45) is 0 Å². The highest BCUT2D eigenvalue weighted by molar-refractivity contribution is 6.37. The molecule has 2 aromatic carbocycles. The van der Waals surface area contributed by atoms with E-state index in [-0.39, 0.29) is 11.6 Å². The van der Waals surface area contributed by atoms with Crippen molar-refractivity contribution >= 4 is 40.6 Å². The maximum Gasteiger partial charge on any atom is 0.185 e. The normalized spacial score (nSPS) is 12.2. The molecule has 0 saturated carbocycles. The van der Waals surface area contributed by atoms with Gasteiger partial charge in [-0.25, -0.2) is 4.39 Å². The lowest BCUT2D eigenvalue weighted by Gasteiger charge is -2.09. The molecular formula is C14H8Cl3FO. The van der Waals surface area contributed by atoms with Crippen molar-refractivity contribution in [3.63, 3.8) is 0 Å². The number of benzene rings is 2. The zero-order valence-electron chi connectivity index (χ0n) is 9.54. The number of hydrogen-bond acceptors (Lipinski definition) is 1. The van der Waals surface area contributed by atoms with Gasteiger partial charge in [-0.05, 0) is 35.9 Å². The minimum atomic E-state index is -0.907. The topological polar surface area (TPSA) is 17.1 Å². The number of hydrogen-bond donors (Lipinski definition) is 0. The molecule has 19 heavy (non-hydrogen) atoms. The third kappa shape index (κ3) is 3.47. The predicted octanol–water partition coefficient (Wildman–Crippen LogP) is 5.30. The van der Waals surface area contributed by atoms with Crippen LogP contribution >= 0.6 is 34.8 Å². The smallest absolute Gasteiger partial charge is 0.185 e. The Balaban J connectivity index is 2.30. The van der Waals surface area contributed by atoms with Crippen LogP contribution in [0.2, 0.25) is 10.0 Å². The molecule has 0 aliphatic heterocycles. The molecule has 1 nitrogen and oxygen atoms in total. The first kappa shape index (κ1) is 14.3. The Kier molecular flexibility index (Phi) is 4.46. The molecule has 98 valence electrons. The number of halogens is 4. The van der Waals surface area contributed by atoms with E-state index >= 15 is 0 Å². The highest BCUT2D eigenvalue weighted by Crippen LogP contribution is 2.28. The molecule has 5 heteroatoms. The molecule has 0 heterocycles. The summed E-state index contributed by atoms with van der Waals surface area (Å²) in [6.45, 7) is 0. The zero-order chi connectivity index (χ0) is 14.0. The van der Waals surface area contributed by atoms with Crippen LogP contribution in [0.5, 0.6) is 0 Å². The largest absolute Gasteiger partial charge is 0.292 e. The SMILES string of the molecule is O=C(c1cc(Cl)cc(Cl)c1)C(Cl)c1ccc(F)cc1. The summed E-state index contributed by atoms with van der Waals surface area (Å²) in [5, 5.41) is -0.187. The van der Waals surface area contributed by atoms with Gasteiger partial charge in [-0.3, -0.25) is 4.79 Å². The molecular weight excluding hydrogens is 310 g/mol. The summed E-state index contributed by atoms with van der Waals surface area (Å²) in [5.74, 6) is -0.719. The molecule has 0 aliphatic rings. The highest BCUT2D eigenvalue weighted by Gasteiger charge is 2.20. The fourth-order valence-electron chi connectivity index (χ4n) is 1.63. The van der Waals surface area contributed by atoms with E-state index in [0.717, 1.165) is 0 Å². The molecule has 0 aromatic heterocycles. The van der Waals surface area contributed by atoms with Crippen LogP contribution in [-0.2, 0) is 0 Å². The summed E-state index contributed by atoms with van der Waals surface area (Å²) < 4.78 is 12.8. The fraction of sp³-hybridized carbons (Fsp3) is 0.0714. The maximum atomic E-state index is 12.8. The average Bonchev–Trinajstić information content (AvgIpc) is 2.37. The number of carbonyl (C=O) groups excluding carboxylic acids is 1. The second kappa shape index (κ2) is 5.91. The van der Waals surface area contributed by atoms with Crippen LogP contribution in [0.4, 0.5) is 4.39 Å². The minimum Gasteiger partial charge on any atom is -0.292 e. The number of rotatable bonds is 3. The average molecular weight is 318 g/mol. The second-order valence-electron chi connectivity index (χ2n) is 3.94. The monoisotopic (exact) mass is 316 g/mol. The van der Waals surface area contributed by atoms with Crippen molar-refractivity contribution < 1.29 is 9.18 Å². The van der Waals surface area contributed by atoms with Crippen LogP contribution in [0.25, 0.3) is 0 Å². The molecule has 1 atom stereocenters. The third-order valence-corrected chi connectivity index (χ3v) is 3.43. The lowest BCUT2D eigenvalue weighted by atomic mass is 10.0. The van der Waals surface area contributed by atoms with Gasteiger partial charge in [-0.15, -0.1) is 11.6 Å². The molecule has 0 radical (unpaired) electrons. The van der Waals surface area contributed by atoms with E-state index in [9.17, 15) is 9.18 Å². The number of carbonyl (C=O) groups is 1. The molecule has 0 saturated heterocycles. The van der Waals surface area contributed by atoms with E-state index in [4.69, 9.17) is 34.8 Å². The maximum absolute atomic E-state index is 12.8. The van der Waals surface area contributed by atoms with E-state index in [0.29, 0.717) is 21.2 Å². The van der Waals surface area contributed by atoms with Gasteiger partial charge in [0.15, 0.2) is 5.78 Å². The summed E-state index contributed by atoms with van der Waals surface area (Å²) in [7, 11) is 0. The van der Waals surface area contributed by atoms with Gasteiger partial charge in [0, 0.05) is 15.6 Å². The van der Waals surface area contributed by atoms with Crippen LogP contribution in [0.3, 0.4) is 0 Å². The molecule has 0 bridgehead atoms. The summed E-state index contributed by atoms with van der Waals surface area (Å²) in [6.07, 6.45) is 0. The van der Waals surface area contributed by atoms with Crippen LogP contribution in [0.15, 0.2) is 42.5 Å². The number of ketones is 1. The Labute approximate surface area is 124 Å². The standard InChI is InChI=1S/C14H8Cl3FO/c15-10-5-9(6-11(16)7-10)14(19)13(17)8-1-3-12(18)4-2-8/h1-7,13H. The summed E-state index contributed by atoms with van der Waals surface area (Å²) in [6, 6.07) is 9.96. The number of alkyl halides is 1. The van der Waals surface area contributed by atoms with Gasteiger partial charge in [0.1, 0.15) is 11.2 Å². The van der Waals surface area contributed by atoms with Crippen molar-refractivity contribution in [2.75, 3.05) is 0 Å². The van der Waals surface area contributed by atoms with Gasteiger partial charge < -0.3 is 0 Å². The van der Waals surface area contributed by atoms with Crippen LogP contribution < -0.4 is 0 Å².